The minimum atomic E-state index is 0.923. The Morgan fingerprint density at radius 3 is 2.81 bits per heavy atom. The Balaban J connectivity index is 1.67. The zero-order valence-electron chi connectivity index (χ0n) is 14.6. The van der Waals surface area contributed by atoms with Crippen LogP contribution in [-0.4, -0.2) is 9.55 Å². The molecule has 0 unspecified atom stereocenters. The maximum atomic E-state index is 4.62. The Morgan fingerprint density at radius 2 is 1.85 bits per heavy atom. The van der Waals surface area contributed by atoms with Crippen molar-refractivity contribution in [3.63, 3.8) is 0 Å². The Kier molecular flexibility index (Phi) is 2.65. The van der Waals surface area contributed by atoms with Gasteiger partial charge in [0.1, 0.15) is 24.6 Å². The normalized spacial score (nSPS) is 13.3. The molecule has 1 aliphatic heterocycles. The van der Waals surface area contributed by atoms with Crippen LogP contribution in [0.25, 0.3) is 28.2 Å². The molecule has 1 aliphatic carbocycles. The molecule has 0 radical (unpaired) electrons. The number of pyridine rings is 1. The van der Waals surface area contributed by atoms with Gasteiger partial charge in [-0.1, -0.05) is 36.4 Å². The van der Waals surface area contributed by atoms with Crippen LogP contribution < -0.4 is 4.57 Å². The van der Waals surface area contributed by atoms with Crippen LogP contribution in [-0.2, 0) is 13.0 Å². The summed E-state index contributed by atoms with van der Waals surface area (Å²) in [6.07, 6.45) is 7.23. The maximum absolute atomic E-state index is 4.62. The Hall–Kier alpha value is -3.20. The SMILES string of the molecule is Cc1ccc2c(c1-n1cc[n+]3c1-c1ccccc1C3)-c1cccnc1C2. The fourth-order valence-corrected chi connectivity index (χ4v) is 4.56. The van der Waals surface area contributed by atoms with E-state index in [9.17, 15) is 0 Å². The van der Waals surface area contributed by atoms with Crippen LogP contribution >= 0.6 is 0 Å². The molecule has 3 nitrogen and oxygen atoms in total. The third kappa shape index (κ3) is 1.72. The van der Waals surface area contributed by atoms with Gasteiger partial charge in [0.25, 0.3) is 5.82 Å². The van der Waals surface area contributed by atoms with E-state index in [1.54, 1.807) is 0 Å². The predicted molar refractivity (Wildman–Crippen MR) is 101 cm³/mol. The number of rotatable bonds is 1. The summed E-state index contributed by atoms with van der Waals surface area (Å²) in [5.41, 5.74) is 10.5. The molecule has 6 rings (SSSR count). The van der Waals surface area contributed by atoms with Gasteiger partial charge >= 0.3 is 0 Å². The zero-order chi connectivity index (χ0) is 17.3. The molecule has 4 aromatic rings. The smallest absolute Gasteiger partial charge is 0.260 e. The van der Waals surface area contributed by atoms with E-state index in [0.29, 0.717) is 0 Å². The highest BCUT2D eigenvalue weighted by molar-refractivity contribution is 5.84. The molecular weight excluding hydrogens is 318 g/mol. The van der Waals surface area contributed by atoms with Crippen LogP contribution in [0, 0.1) is 6.92 Å². The second kappa shape index (κ2) is 4.92. The zero-order valence-corrected chi connectivity index (χ0v) is 14.6. The molecule has 0 saturated heterocycles. The van der Waals surface area contributed by atoms with E-state index in [4.69, 9.17) is 0 Å². The van der Waals surface area contributed by atoms with Crippen LogP contribution in [0.15, 0.2) is 67.1 Å². The van der Waals surface area contributed by atoms with Crippen LogP contribution in [0.4, 0.5) is 0 Å². The molecule has 26 heavy (non-hydrogen) atoms. The minimum absolute atomic E-state index is 0.923. The van der Waals surface area contributed by atoms with Crippen molar-refractivity contribution >= 4 is 0 Å². The van der Waals surface area contributed by atoms with Crippen molar-refractivity contribution < 1.29 is 4.57 Å². The summed E-state index contributed by atoms with van der Waals surface area (Å²) in [7, 11) is 0. The minimum Gasteiger partial charge on any atom is -0.260 e. The van der Waals surface area contributed by atoms with Gasteiger partial charge in [-0.2, -0.15) is 4.57 Å². The predicted octanol–water partition coefficient (Wildman–Crippen LogP) is 4.07. The first-order valence-corrected chi connectivity index (χ1v) is 9.07. The highest BCUT2D eigenvalue weighted by Gasteiger charge is 2.33. The molecule has 2 aromatic heterocycles. The van der Waals surface area contributed by atoms with Crippen LogP contribution in [0.5, 0.6) is 0 Å². The van der Waals surface area contributed by atoms with Gasteiger partial charge in [-0.3, -0.25) is 4.98 Å². The van der Waals surface area contributed by atoms with E-state index in [2.05, 4.69) is 75.9 Å². The lowest BCUT2D eigenvalue weighted by atomic mass is 10.00. The molecule has 0 bridgehead atoms. The molecular formula is C23H18N3+. The lowest BCUT2D eigenvalue weighted by molar-refractivity contribution is -0.671. The van der Waals surface area contributed by atoms with Crippen molar-refractivity contribution in [1.29, 1.82) is 0 Å². The summed E-state index contributed by atoms with van der Waals surface area (Å²) in [5.74, 6) is 1.27. The molecule has 0 fully saturated rings. The first kappa shape index (κ1) is 14.0. The van der Waals surface area contributed by atoms with Gasteiger partial charge in [0, 0.05) is 29.3 Å². The van der Waals surface area contributed by atoms with Crippen molar-refractivity contribution in [2.24, 2.45) is 0 Å². The lowest BCUT2D eigenvalue weighted by Crippen LogP contribution is -2.30. The van der Waals surface area contributed by atoms with Crippen molar-refractivity contribution in [1.82, 2.24) is 9.55 Å². The van der Waals surface area contributed by atoms with E-state index in [1.165, 1.54) is 50.6 Å². The van der Waals surface area contributed by atoms with Gasteiger partial charge in [-0.25, -0.2) is 4.57 Å². The first-order chi connectivity index (χ1) is 12.8. The molecule has 0 amide bonds. The number of benzene rings is 2. The van der Waals surface area contributed by atoms with Gasteiger partial charge in [0.15, 0.2) is 0 Å². The highest BCUT2D eigenvalue weighted by Crippen LogP contribution is 2.42. The fourth-order valence-electron chi connectivity index (χ4n) is 4.56. The quantitative estimate of drug-likeness (QED) is 0.415. The molecule has 0 N–H and O–H groups in total. The van der Waals surface area contributed by atoms with Crippen LogP contribution in [0.1, 0.15) is 22.4 Å². The molecule has 3 heteroatoms. The van der Waals surface area contributed by atoms with Gasteiger partial charge in [-0.05, 0) is 30.2 Å². The number of imidazole rings is 1. The third-order valence-electron chi connectivity index (χ3n) is 5.72. The van der Waals surface area contributed by atoms with E-state index in [-0.39, 0.29) is 0 Å². The summed E-state index contributed by atoms with van der Waals surface area (Å²) < 4.78 is 4.73. The third-order valence-corrected chi connectivity index (χ3v) is 5.72. The molecule has 0 saturated carbocycles. The van der Waals surface area contributed by atoms with Crippen molar-refractivity contribution in [3.05, 3.63) is 89.5 Å². The van der Waals surface area contributed by atoms with Gasteiger partial charge in [0.05, 0.1) is 11.3 Å². The Bertz CT molecular complexity index is 1200. The molecule has 2 aromatic carbocycles. The highest BCUT2D eigenvalue weighted by atomic mass is 15.2. The summed E-state index contributed by atoms with van der Waals surface area (Å²) in [6, 6.07) is 17.5. The monoisotopic (exact) mass is 336 g/mol. The topological polar surface area (TPSA) is 21.7 Å². The van der Waals surface area contributed by atoms with Crippen molar-refractivity contribution in [2.45, 2.75) is 19.9 Å². The van der Waals surface area contributed by atoms with E-state index >= 15 is 0 Å². The van der Waals surface area contributed by atoms with Gasteiger partial charge < -0.3 is 0 Å². The average Bonchev–Trinajstić information content (AvgIpc) is 3.33. The summed E-state index contributed by atoms with van der Waals surface area (Å²) >= 11 is 0. The summed E-state index contributed by atoms with van der Waals surface area (Å²) in [5, 5.41) is 0. The van der Waals surface area contributed by atoms with Crippen molar-refractivity contribution in [3.8, 4) is 28.2 Å². The number of hydrogen-bond donors (Lipinski definition) is 0. The standard InChI is InChI=1S/C23H18N3/c1-15-8-9-16-13-20-19(7-4-10-24-20)21(16)22(15)26-12-11-25-14-17-5-2-3-6-18(17)23(25)26/h2-12H,13-14H2,1H3/q+1. The van der Waals surface area contributed by atoms with Crippen LogP contribution in [0.2, 0.25) is 0 Å². The fraction of sp³-hybridized carbons (Fsp3) is 0.130. The number of nitrogens with zero attached hydrogens (tertiary/aromatic N) is 3. The molecule has 0 spiro atoms. The molecule has 3 heterocycles. The second-order valence-corrected chi connectivity index (χ2v) is 7.22. The van der Waals surface area contributed by atoms with Gasteiger partial charge in [0.2, 0.25) is 0 Å². The first-order valence-electron chi connectivity index (χ1n) is 9.07. The van der Waals surface area contributed by atoms with E-state index < -0.39 is 0 Å². The molecule has 0 atom stereocenters. The lowest BCUT2D eigenvalue weighted by Gasteiger charge is -2.11. The average molecular weight is 336 g/mol. The summed E-state index contributed by atoms with van der Waals surface area (Å²) in [4.78, 5) is 4.62. The molecule has 2 aliphatic rings. The Morgan fingerprint density at radius 1 is 0.962 bits per heavy atom. The van der Waals surface area contributed by atoms with E-state index in [0.717, 1.165) is 13.0 Å². The van der Waals surface area contributed by atoms with Crippen molar-refractivity contribution in [2.75, 3.05) is 0 Å². The maximum Gasteiger partial charge on any atom is 0.294 e. The largest absolute Gasteiger partial charge is 0.294 e. The Labute approximate surface area is 152 Å². The van der Waals surface area contributed by atoms with Crippen LogP contribution in [0.3, 0.4) is 0 Å². The van der Waals surface area contributed by atoms with Gasteiger partial charge in [-0.15, -0.1) is 0 Å². The number of aromatic nitrogens is 3. The number of aryl methyl sites for hydroxylation is 1. The number of fused-ring (bicyclic) bond motifs is 6. The molecule has 124 valence electrons. The van der Waals surface area contributed by atoms with E-state index in [1.807, 2.05) is 12.3 Å². The second-order valence-electron chi connectivity index (χ2n) is 7.22. The summed E-state index contributed by atoms with van der Waals surface area (Å²) in [6.45, 7) is 3.16. The number of hydrogen-bond acceptors (Lipinski definition) is 1.